The number of rotatable bonds is 2. The van der Waals surface area contributed by atoms with E-state index in [4.69, 9.17) is 0 Å². The summed E-state index contributed by atoms with van der Waals surface area (Å²) in [7, 11) is -1.13. The van der Waals surface area contributed by atoms with E-state index in [9.17, 15) is 10.1 Å². The lowest BCUT2D eigenvalue weighted by Gasteiger charge is -1.94. The summed E-state index contributed by atoms with van der Waals surface area (Å²) in [5, 5.41) is 8.66. The Labute approximate surface area is 42.9 Å². The maximum atomic E-state index is 9.42. The molecule has 0 rings (SSSR count). The van der Waals surface area contributed by atoms with Crippen molar-refractivity contribution in [2.75, 3.05) is 0 Å². The van der Waals surface area contributed by atoms with Crippen LogP contribution in [0.4, 0.5) is 0 Å². The van der Waals surface area contributed by atoms with E-state index in [1.54, 1.807) is 13.1 Å². The summed E-state index contributed by atoms with van der Waals surface area (Å²) in [4.78, 5) is 9.42. The first-order valence-electron chi connectivity index (χ1n) is 1.75. The van der Waals surface area contributed by atoms with Crippen molar-refractivity contribution in [3.05, 3.63) is 10.1 Å². The van der Waals surface area contributed by atoms with Crippen molar-refractivity contribution in [3.63, 3.8) is 0 Å². The molecule has 0 amide bonds. The molecule has 0 bridgehead atoms. The highest BCUT2D eigenvalue weighted by Crippen LogP contribution is 1.80. The Morgan fingerprint density at radius 2 is 2.14 bits per heavy atom. The van der Waals surface area contributed by atoms with Crippen LogP contribution in [-0.2, 0) is 4.53 Å². The maximum absolute atomic E-state index is 9.42. The summed E-state index contributed by atoms with van der Waals surface area (Å²) in [5.41, 5.74) is 0. The molecular weight excluding hydrogens is 114 g/mol. The lowest BCUT2D eigenvalue weighted by molar-refractivity contribution is -0.718. The minimum Gasteiger partial charge on any atom is -0.367 e. The first-order chi connectivity index (χ1) is 3.13. The zero-order valence-corrected chi connectivity index (χ0v) is 5.17. The molecule has 0 heterocycles. The van der Waals surface area contributed by atoms with E-state index in [1.807, 2.05) is 0 Å². The smallest absolute Gasteiger partial charge is 0.284 e. The van der Waals surface area contributed by atoms with Crippen LogP contribution in [0.3, 0.4) is 0 Å². The molecule has 0 saturated carbocycles. The van der Waals surface area contributed by atoms with E-state index < -0.39 is 14.1 Å². The van der Waals surface area contributed by atoms with Crippen LogP contribution in [0.15, 0.2) is 0 Å². The van der Waals surface area contributed by atoms with Gasteiger partial charge in [-0.25, -0.2) is 0 Å². The third-order valence-electron chi connectivity index (χ3n) is 0.257. The van der Waals surface area contributed by atoms with Gasteiger partial charge in [0.1, 0.15) is 0 Å². The second-order valence-electron chi connectivity index (χ2n) is 1.22. The summed E-state index contributed by atoms with van der Waals surface area (Å²) >= 11 is 0. The summed E-state index contributed by atoms with van der Waals surface area (Å²) in [6, 6.07) is 0. The Morgan fingerprint density at radius 1 is 1.71 bits per heavy atom. The Kier molecular flexibility index (Phi) is 2.35. The second kappa shape index (κ2) is 2.57. The molecule has 41 valence electrons. The number of hydrogen-bond donors (Lipinski definition) is 0. The zero-order chi connectivity index (χ0) is 5.86. The quantitative estimate of drug-likeness (QED) is 0.302. The predicted octanol–water partition coefficient (Wildman–Crippen LogP) is 0.446. The molecule has 4 nitrogen and oxygen atoms in total. The van der Waals surface area contributed by atoms with Gasteiger partial charge >= 0.3 is 0 Å². The largest absolute Gasteiger partial charge is 0.367 e. The monoisotopic (exact) mass is 120 g/mol. The molecule has 0 aliphatic carbocycles. The Hall–Kier alpha value is -0.583. The van der Waals surface area contributed by atoms with Gasteiger partial charge in [0, 0.05) is 0 Å². The van der Waals surface area contributed by atoms with Gasteiger partial charge in [0.2, 0.25) is 0 Å². The van der Waals surface area contributed by atoms with Crippen LogP contribution in [0.25, 0.3) is 0 Å². The van der Waals surface area contributed by atoms with E-state index >= 15 is 0 Å². The Bertz CT molecular complexity index is 73.3. The molecule has 0 aromatic rings. The minimum absolute atomic E-state index is 0.756. The van der Waals surface area contributed by atoms with Gasteiger partial charge < -0.3 is 4.53 Å². The number of hydrogen-bond acceptors (Lipinski definition) is 3. The summed E-state index contributed by atoms with van der Waals surface area (Å²) < 4.78 is 4.07. The summed E-state index contributed by atoms with van der Waals surface area (Å²) in [5.74, 6) is 0. The van der Waals surface area contributed by atoms with Crippen LogP contribution in [0.1, 0.15) is 0 Å². The lowest BCUT2D eigenvalue weighted by atomic mass is 11.9. The van der Waals surface area contributed by atoms with Crippen molar-refractivity contribution < 1.29 is 9.61 Å². The lowest BCUT2D eigenvalue weighted by Crippen LogP contribution is -2.12. The standard InChI is InChI=1S/C2H6NO3Si/c1-7(2)6-3(4)5/h1-2H3. The van der Waals surface area contributed by atoms with E-state index in [-0.39, 0.29) is 0 Å². The highest BCUT2D eigenvalue weighted by Gasteiger charge is 1.99. The van der Waals surface area contributed by atoms with Crippen LogP contribution in [0, 0.1) is 10.1 Å². The minimum atomic E-state index is -1.13. The van der Waals surface area contributed by atoms with Crippen LogP contribution in [-0.4, -0.2) is 14.1 Å². The zero-order valence-electron chi connectivity index (χ0n) is 4.17. The van der Waals surface area contributed by atoms with E-state index in [1.165, 1.54) is 0 Å². The second-order valence-corrected chi connectivity index (χ2v) is 3.22. The molecule has 0 fully saturated rings. The fraction of sp³-hybridized carbons (Fsp3) is 1.00. The van der Waals surface area contributed by atoms with Crippen LogP contribution < -0.4 is 0 Å². The van der Waals surface area contributed by atoms with Crippen molar-refractivity contribution in [2.24, 2.45) is 0 Å². The Balaban J connectivity index is 3.13. The molecule has 0 saturated heterocycles. The fourth-order valence-electron chi connectivity index (χ4n) is 0.149. The Morgan fingerprint density at radius 3 is 2.14 bits per heavy atom. The van der Waals surface area contributed by atoms with Gasteiger partial charge in [-0.05, 0) is 13.1 Å². The molecule has 7 heavy (non-hydrogen) atoms. The predicted molar refractivity (Wildman–Crippen MR) is 25.6 cm³/mol. The fourth-order valence-corrected chi connectivity index (χ4v) is 0.447. The van der Waals surface area contributed by atoms with E-state index in [2.05, 4.69) is 4.53 Å². The molecule has 5 heteroatoms. The normalized spacial score (nSPS) is 9.00. The van der Waals surface area contributed by atoms with Gasteiger partial charge in [-0.3, -0.25) is 0 Å². The van der Waals surface area contributed by atoms with Crippen molar-refractivity contribution in [2.45, 2.75) is 13.1 Å². The molecule has 0 aliphatic heterocycles. The maximum Gasteiger partial charge on any atom is 0.284 e. The van der Waals surface area contributed by atoms with Crippen molar-refractivity contribution in [3.8, 4) is 0 Å². The van der Waals surface area contributed by atoms with Gasteiger partial charge in [-0.15, -0.1) is 10.1 Å². The molecule has 0 aromatic heterocycles. The van der Waals surface area contributed by atoms with Gasteiger partial charge in [0.25, 0.3) is 14.1 Å². The molecular formula is C2H6NO3Si. The number of nitrogens with zero attached hydrogens (tertiary/aromatic N) is 1. The van der Waals surface area contributed by atoms with Gasteiger partial charge in [0.15, 0.2) is 0 Å². The first kappa shape index (κ1) is 6.42. The molecule has 1 radical (unpaired) electrons. The molecule has 0 aromatic carbocycles. The first-order valence-corrected chi connectivity index (χ1v) is 4.16. The van der Waals surface area contributed by atoms with Gasteiger partial charge in [0.05, 0.1) is 0 Å². The van der Waals surface area contributed by atoms with E-state index in [0.29, 0.717) is 0 Å². The van der Waals surface area contributed by atoms with Crippen LogP contribution in [0.5, 0.6) is 0 Å². The summed E-state index contributed by atoms with van der Waals surface area (Å²) in [6.45, 7) is 3.40. The molecule has 0 spiro atoms. The molecule has 0 aliphatic rings. The SMILES string of the molecule is C[Si](C)O[N+](=O)[O-]. The third-order valence-corrected chi connectivity index (χ3v) is 0.771. The van der Waals surface area contributed by atoms with Gasteiger partial charge in [-0.1, -0.05) is 0 Å². The van der Waals surface area contributed by atoms with Crippen molar-refractivity contribution >= 4 is 9.04 Å². The van der Waals surface area contributed by atoms with Crippen LogP contribution >= 0.6 is 0 Å². The molecule has 0 unspecified atom stereocenters. The third kappa shape index (κ3) is 5.42. The molecule has 0 atom stereocenters. The topological polar surface area (TPSA) is 52.4 Å². The highest BCUT2D eigenvalue weighted by molar-refractivity contribution is 6.48. The van der Waals surface area contributed by atoms with Crippen molar-refractivity contribution in [1.29, 1.82) is 0 Å². The summed E-state index contributed by atoms with van der Waals surface area (Å²) in [6.07, 6.45) is 0. The highest BCUT2D eigenvalue weighted by atomic mass is 28.3. The average molecular weight is 120 g/mol. The average Bonchev–Trinajstić information content (AvgIpc) is 1.27. The van der Waals surface area contributed by atoms with Crippen molar-refractivity contribution in [1.82, 2.24) is 0 Å². The molecule has 0 N–H and O–H groups in total. The van der Waals surface area contributed by atoms with E-state index in [0.717, 1.165) is 0 Å². The van der Waals surface area contributed by atoms with Gasteiger partial charge in [-0.2, -0.15) is 0 Å². The van der Waals surface area contributed by atoms with Crippen LogP contribution in [0.2, 0.25) is 13.1 Å².